The predicted molar refractivity (Wildman–Crippen MR) is 87.7 cm³/mol. The summed E-state index contributed by atoms with van der Waals surface area (Å²) in [6.07, 6.45) is 0.539. The fourth-order valence-corrected chi connectivity index (χ4v) is 2.78. The number of ether oxygens (including phenoxy) is 1. The van der Waals surface area contributed by atoms with E-state index in [1.54, 1.807) is 11.3 Å². The van der Waals surface area contributed by atoms with Crippen molar-refractivity contribution in [3.05, 3.63) is 58.3 Å². The van der Waals surface area contributed by atoms with Gasteiger partial charge in [0.2, 0.25) is 0 Å². The minimum Gasteiger partial charge on any atom is -0.389 e. The van der Waals surface area contributed by atoms with Gasteiger partial charge in [-0.25, -0.2) is 0 Å². The molecule has 3 nitrogen and oxygen atoms in total. The van der Waals surface area contributed by atoms with Crippen LogP contribution in [-0.4, -0.2) is 30.9 Å². The summed E-state index contributed by atoms with van der Waals surface area (Å²) in [5.74, 6) is 0. The quantitative estimate of drug-likeness (QED) is 0.700. The zero-order valence-electron chi connectivity index (χ0n) is 12.4. The van der Waals surface area contributed by atoms with Gasteiger partial charge in [-0.15, -0.1) is 11.3 Å². The summed E-state index contributed by atoms with van der Waals surface area (Å²) in [6, 6.07) is 14.3. The minimum atomic E-state index is -0.473. The monoisotopic (exact) mass is 305 g/mol. The third kappa shape index (κ3) is 5.98. The molecule has 0 bridgehead atoms. The maximum Gasteiger partial charge on any atom is 0.0897 e. The molecule has 1 aromatic carbocycles. The molecule has 21 heavy (non-hydrogen) atoms. The molecule has 1 aromatic heterocycles. The zero-order valence-corrected chi connectivity index (χ0v) is 13.2. The fourth-order valence-electron chi connectivity index (χ4n) is 2.07. The zero-order chi connectivity index (χ0) is 14.9. The molecule has 0 saturated heterocycles. The molecule has 2 rings (SSSR count). The molecular weight excluding hydrogens is 282 g/mol. The van der Waals surface area contributed by atoms with Gasteiger partial charge in [-0.2, -0.15) is 0 Å². The van der Waals surface area contributed by atoms with E-state index < -0.39 is 6.10 Å². The molecule has 0 radical (unpaired) electrons. The Morgan fingerprint density at radius 3 is 2.71 bits per heavy atom. The standard InChI is InChI=1S/C17H23NO2S/c1-14(15-6-3-2-4-7-15)20-13-16(19)12-18-10-9-17-8-5-11-21-17/h2-8,11,14,16,18-19H,9-10,12-13H2,1H3. The first kappa shape index (κ1) is 16.2. The van der Waals surface area contributed by atoms with Crippen LogP contribution < -0.4 is 5.32 Å². The summed E-state index contributed by atoms with van der Waals surface area (Å²) in [7, 11) is 0. The van der Waals surface area contributed by atoms with Crippen molar-refractivity contribution < 1.29 is 9.84 Å². The van der Waals surface area contributed by atoms with Gasteiger partial charge in [0, 0.05) is 18.0 Å². The van der Waals surface area contributed by atoms with Crippen molar-refractivity contribution in [2.24, 2.45) is 0 Å². The maximum absolute atomic E-state index is 9.92. The lowest BCUT2D eigenvalue weighted by Crippen LogP contribution is -2.31. The molecule has 1 heterocycles. The molecular formula is C17H23NO2S. The number of aliphatic hydroxyl groups is 1. The predicted octanol–water partition coefficient (Wildman–Crippen LogP) is 3.02. The van der Waals surface area contributed by atoms with Gasteiger partial charge >= 0.3 is 0 Å². The second-order valence-electron chi connectivity index (χ2n) is 5.07. The van der Waals surface area contributed by atoms with Crippen LogP contribution in [0.5, 0.6) is 0 Å². The van der Waals surface area contributed by atoms with Gasteiger partial charge in [0.25, 0.3) is 0 Å². The van der Waals surface area contributed by atoms with Crippen molar-refractivity contribution in [2.45, 2.75) is 25.6 Å². The number of benzene rings is 1. The summed E-state index contributed by atoms with van der Waals surface area (Å²) in [4.78, 5) is 1.37. The van der Waals surface area contributed by atoms with E-state index in [2.05, 4.69) is 22.8 Å². The van der Waals surface area contributed by atoms with Crippen molar-refractivity contribution >= 4 is 11.3 Å². The summed E-state index contributed by atoms with van der Waals surface area (Å²) in [5, 5.41) is 15.3. The van der Waals surface area contributed by atoms with Gasteiger partial charge < -0.3 is 15.2 Å². The Kier molecular flexibility index (Phi) is 6.89. The Bertz CT molecular complexity index is 487. The molecule has 0 aliphatic heterocycles. The Hall–Kier alpha value is -1.20. The second-order valence-corrected chi connectivity index (χ2v) is 6.11. The van der Waals surface area contributed by atoms with Crippen LogP contribution in [0.3, 0.4) is 0 Å². The molecule has 2 unspecified atom stereocenters. The summed E-state index contributed by atoms with van der Waals surface area (Å²) in [5.41, 5.74) is 1.13. The van der Waals surface area contributed by atoms with E-state index in [4.69, 9.17) is 4.74 Å². The molecule has 2 aromatic rings. The van der Waals surface area contributed by atoms with E-state index in [1.165, 1.54) is 4.88 Å². The topological polar surface area (TPSA) is 41.5 Å². The van der Waals surface area contributed by atoms with Crippen molar-refractivity contribution in [3.63, 3.8) is 0 Å². The SMILES string of the molecule is CC(OCC(O)CNCCc1cccs1)c1ccccc1. The van der Waals surface area contributed by atoms with Crippen LogP contribution in [0.2, 0.25) is 0 Å². The van der Waals surface area contributed by atoms with Gasteiger partial charge in [-0.05, 0) is 30.4 Å². The molecule has 0 spiro atoms. The van der Waals surface area contributed by atoms with Crippen LogP contribution >= 0.6 is 11.3 Å². The number of nitrogens with one attached hydrogen (secondary N) is 1. The fraction of sp³-hybridized carbons (Fsp3) is 0.412. The largest absolute Gasteiger partial charge is 0.389 e. The Balaban J connectivity index is 1.58. The molecule has 2 N–H and O–H groups in total. The van der Waals surface area contributed by atoms with E-state index in [-0.39, 0.29) is 6.10 Å². The van der Waals surface area contributed by atoms with E-state index in [9.17, 15) is 5.11 Å². The Morgan fingerprint density at radius 1 is 1.19 bits per heavy atom. The molecule has 114 valence electrons. The molecule has 0 saturated carbocycles. The third-order valence-corrected chi connectivity index (χ3v) is 4.25. The normalized spacial score (nSPS) is 14.0. The van der Waals surface area contributed by atoms with E-state index in [1.807, 2.05) is 37.3 Å². The van der Waals surface area contributed by atoms with Crippen LogP contribution in [0.4, 0.5) is 0 Å². The van der Waals surface area contributed by atoms with Crippen LogP contribution in [0.25, 0.3) is 0 Å². The van der Waals surface area contributed by atoms with Crippen molar-refractivity contribution in [1.29, 1.82) is 0 Å². The molecule has 0 fully saturated rings. The number of thiophene rings is 1. The highest BCUT2D eigenvalue weighted by Gasteiger charge is 2.09. The lowest BCUT2D eigenvalue weighted by Gasteiger charge is -2.17. The van der Waals surface area contributed by atoms with Crippen molar-refractivity contribution in [1.82, 2.24) is 5.32 Å². The summed E-state index contributed by atoms with van der Waals surface area (Å²) in [6.45, 7) is 3.80. The average molecular weight is 305 g/mol. The highest BCUT2D eigenvalue weighted by molar-refractivity contribution is 7.09. The highest BCUT2D eigenvalue weighted by atomic mass is 32.1. The Morgan fingerprint density at radius 2 is 2.00 bits per heavy atom. The number of aliphatic hydroxyl groups excluding tert-OH is 1. The lowest BCUT2D eigenvalue weighted by atomic mass is 10.1. The Labute approximate surface area is 130 Å². The van der Waals surface area contributed by atoms with Crippen LogP contribution in [0, 0.1) is 0 Å². The summed E-state index contributed by atoms with van der Waals surface area (Å²) < 4.78 is 5.70. The van der Waals surface area contributed by atoms with Crippen molar-refractivity contribution in [2.75, 3.05) is 19.7 Å². The summed E-state index contributed by atoms with van der Waals surface area (Å²) >= 11 is 1.77. The number of hydrogen-bond donors (Lipinski definition) is 2. The average Bonchev–Trinajstić information content (AvgIpc) is 3.03. The van der Waals surface area contributed by atoms with Crippen molar-refractivity contribution in [3.8, 4) is 0 Å². The number of rotatable bonds is 9. The van der Waals surface area contributed by atoms with Gasteiger partial charge in [0.1, 0.15) is 0 Å². The maximum atomic E-state index is 9.92. The van der Waals surface area contributed by atoms with E-state index >= 15 is 0 Å². The van der Waals surface area contributed by atoms with Gasteiger partial charge in [0.05, 0.1) is 18.8 Å². The molecule has 4 heteroatoms. The van der Waals surface area contributed by atoms with Gasteiger partial charge in [0.15, 0.2) is 0 Å². The lowest BCUT2D eigenvalue weighted by molar-refractivity contribution is -0.00191. The first-order chi connectivity index (χ1) is 10.3. The first-order valence-corrected chi connectivity index (χ1v) is 8.21. The van der Waals surface area contributed by atoms with Crippen LogP contribution in [0.1, 0.15) is 23.5 Å². The van der Waals surface area contributed by atoms with Gasteiger partial charge in [-0.3, -0.25) is 0 Å². The van der Waals surface area contributed by atoms with Crippen LogP contribution in [-0.2, 0) is 11.2 Å². The van der Waals surface area contributed by atoms with Gasteiger partial charge in [-0.1, -0.05) is 36.4 Å². The molecule has 0 aliphatic carbocycles. The van der Waals surface area contributed by atoms with E-state index in [0.29, 0.717) is 13.2 Å². The van der Waals surface area contributed by atoms with E-state index in [0.717, 1.165) is 18.5 Å². The highest BCUT2D eigenvalue weighted by Crippen LogP contribution is 2.15. The second kappa shape index (κ2) is 8.95. The smallest absolute Gasteiger partial charge is 0.0897 e. The first-order valence-electron chi connectivity index (χ1n) is 7.33. The molecule has 0 amide bonds. The number of hydrogen-bond acceptors (Lipinski definition) is 4. The minimum absolute atomic E-state index is 0.00645. The molecule has 0 aliphatic rings. The van der Waals surface area contributed by atoms with Crippen LogP contribution in [0.15, 0.2) is 47.8 Å². The molecule has 2 atom stereocenters. The third-order valence-electron chi connectivity index (χ3n) is 3.32.